The lowest BCUT2D eigenvalue weighted by Gasteiger charge is -2.30. The molecule has 1 aliphatic rings. The molecular weight excluding hydrogens is 180 g/mol. The van der Waals surface area contributed by atoms with E-state index in [9.17, 15) is 4.79 Å². The number of hydrogen-bond acceptors (Lipinski definition) is 4. The lowest BCUT2D eigenvalue weighted by Crippen LogP contribution is -2.43. The maximum absolute atomic E-state index is 11.4. The molecule has 1 saturated heterocycles. The minimum atomic E-state index is -0.284. The Morgan fingerprint density at radius 1 is 1.50 bits per heavy atom. The molecule has 0 saturated carbocycles. The van der Waals surface area contributed by atoms with Crippen LogP contribution in [0.25, 0.3) is 0 Å². The molecule has 1 atom stereocenters. The van der Waals surface area contributed by atoms with Gasteiger partial charge in [-0.3, -0.25) is 9.69 Å². The Balaban J connectivity index is 2.35. The van der Waals surface area contributed by atoms with Crippen molar-refractivity contribution in [2.45, 2.75) is 32.2 Å². The minimum Gasteiger partial charge on any atom is -0.449 e. The number of rotatable bonds is 3. The fraction of sp³-hybridized carbons (Fsp3) is 0.800. The summed E-state index contributed by atoms with van der Waals surface area (Å²) in [4.78, 5) is 13.5. The summed E-state index contributed by atoms with van der Waals surface area (Å²) in [7, 11) is 0. The zero-order valence-corrected chi connectivity index (χ0v) is 8.53. The largest absolute Gasteiger partial charge is 0.449 e. The van der Waals surface area contributed by atoms with Gasteiger partial charge >= 0.3 is 5.97 Å². The van der Waals surface area contributed by atoms with E-state index in [0.717, 1.165) is 25.9 Å². The molecule has 1 unspecified atom stereocenters. The summed E-state index contributed by atoms with van der Waals surface area (Å²) in [5.74, 6) is -0.284. The maximum atomic E-state index is 11.4. The Kier molecular flexibility index (Phi) is 4.41. The topological polar surface area (TPSA) is 53.3 Å². The molecule has 4 heteroatoms. The molecule has 0 spiro atoms. The number of carbonyl (C=O) groups excluding carboxylic acids is 1. The van der Waals surface area contributed by atoms with Gasteiger partial charge in [0.2, 0.25) is 0 Å². The van der Waals surface area contributed by atoms with E-state index >= 15 is 0 Å². The first-order valence-corrected chi connectivity index (χ1v) is 5.03. The van der Waals surface area contributed by atoms with Gasteiger partial charge in [0.05, 0.1) is 0 Å². The van der Waals surface area contributed by atoms with E-state index in [1.807, 2.05) is 6.92 Å². The second-order valence-corrected chi connectivity index (χ2v) is 3.54. The van der Waals surface area contributed by atoms with Gasteiger partial charge in [-0.1, -0.05) is 6.42 Å². The maximum Gasteiger partial charge on any atom is 0.324 e. The highest BCUT2D eigenvalue weighted by atomic mass is 16.5. The molecule has 1 fully saturated rings. The van der Waals surface area contributed by atoms with Crippen LogP contribution in [0.1, 0.15) is 26.2 Å². The van der Waals surface area contributed by atoms with E-state index < -0.39 is 0 Å². The number of piperidine rings is 1. The minimum absolute atomic E-state index is 0.142. The Labute approximate surface area is 84.4 Å². The summed E-state index contributed by atoms with van der Waals surface area (Å²) in [6.45, 7) is 3.62. The first-order chi connectivity index (χ1) is 6.75. The number of hydrogen-bond donors (Lipinski definition) is 0. The molecule has 4 nitrogen and oxygen atoms in total. The predicted molar refractivity (Wildman–Crippen MR) is 51.5 cm³/mol. The van der Waals surface area contributed by atoms with Crippen molar-refractivity contribution < 1.29 is 9.53 Å². The number of esters is 1. The number of nitrogens with zero attached hydrogens (tertiary/aromatic N) is 2. The van der Waals surface area contributed by atoms with Crippen LogP contribution in [0.5, 0.6) is 0 Å². The van der Waals surface area contributed by atoms with Gasteiger partial charge in [-0.15, -0.1) is 0 Å². The third-order valence-electron chi connectivity index (χ3n) is 2.56. The highest BCUT2D eigenvalue weighted by molar-refractivity contribution is 5.75. The smallest absolute Gasteiger partial charge is 0.324 e. The second kappa shape index (κ2) is 5.61. The summed E-state index contributed by atoms with van der Waals surface area (Å²) in [5.41, 5.74) is 0. The summed E-state index contributed by atoms with van der Waals surface area (Å²) in [5, 5.41) is 8.27. The second-order valence-electron chi connectivity index (χ2n) is 3.54. The van der Waals surface area contributed by atoms with Gasteiger partial charge in [0.1, 0.15) is 12.1 Å². The van der Waals surface area contributed by atoms with E-state index in [0.29, 0.717) is 0 Å². The summed E-state index contributed by atoms with van der Waals surface area (Å²) in [6, 6.07) is 1.59. The molecule has 0 bridgehead atoms. The molecule has 1 aliphatic heterocycles. The molecule has 0 aromatic rings. The lowest BCUT2D eigenvalue weighted by atomic mass is 10.1. The molecule has 0 radical (unpaired) electrons. The molecule has 0 aliphatic carbocycles. The van der Waals surface area contributed by atoms with Gasteiger partial charge < -0.3 is 4.74 Å². The number of ether oxygens (including phenoxy) is 1. The van der Waals surface area contributed by atoms with E-state index in [4.69, 9.17) is 10.00 Å². The van der Waals surface area contributed by atoms with Crippen LogP contribution in [-0.4, -0.2) is 36.6 Å². The third kappa shape index (κ3) is 3.00. The average Bonchev–Trinajstić information content (AvgIpc) is 2.26. The highest BCUT2D eigenvalue weighted by Crippen LogP contribution is 2.12. The first-order valence-electron chi connectivity index (χ1n) is 5.03. The standard InChI is InChI=1S/C10H16N2O2/c1-9(10(13)14-8-5-11)12-6-3-2-4-7-12/h9H,2-4,6-8H2,1H3. The van der Waals surface area contributed by atoms with Crippen molar-refractivity contribution in [3.05, 3.63) is 0 Å². The van der Waals surface area contributed by atoms with Crippen LogP contribution >= 0.6 is 0 Å². The fourth-order valence-electron chi connectivity index (χ4n) is 1.68. The monoisotopic (exact) mass is 196 g/mol. The zero-order chi connectivity index (χ0) is 10.4. The van der Waals surface area contributed by atoms with Crippen molar-refractivity contribution in [3.8, 4) is 6.07 Å². The summed E-state index contributed by atoms with van der Waals surface area (Å²) in [6.07, 6.45) is 3.54. The first kappa shape index (κ1) is 11.0. The van der Waals surface area contributed by atoms with Gasteiger partial charge in [0.25, 0.3) is 0 Å². The molecule has 0 amide bonds. The molecule has 0 aromatic carbocycles. The molecule has 0 aromatic heterocycles. The van der Waals surface area contributed by atoms with Crippen molar-refractivity contribution >= 4 is 5.97 Å². The van der Waals surface area contributed by atoms with Crippen molar-refractivity contribution in [2.24, 2.45) is 0 Å². The number of likely N-dealkylation sites (tertiary alicyclic amines) is 1. The van der Waals surface area contributed by atoms with Gasteiger partial charge in [-0.2, -0.15) is 5.26 Å². The van der Waals surface area contributed by atoms with Gasteiger partial charge in [-0.25, -0.2) is 0 Å². The van der Waals surface area contributed by atoms with Crippen molar-refractivity contribution in [2.75, 3.05) is 19.7 Å². The van der Waals surface area contributed by atoms with E-state index in [1.54, 1.807) is 6.07 Å². The molecule has 1 rings (SSSR count). The fourth-order valence-corrected chi connectivity index (χ4v) is 1.68. The molecular formula is C10H16N2O2. The van der Waals surface area contributed by atoms with Gasteiger partial charge in [0, 0.05) is 0 Å². The van der Waals surface area contributed by atoms with Crippen LogP contribution in [0.15, 0.2) is 0 Å². The SMILES string of the molecule is CC(C(=O)OCC#N)N1CCCCC1. The highest BCUT2D eigenvalue weighted by Gasteiger charge is 2.23. The van der Waals surface area contributed by atoms with Crippen LogP contribution in [0, 0.1) is 11.3 Å². The quantitative estimate of drug-likeness (QED) is 0.630. The van der Waals surface area contributed by atoms with Crippen LogP contribution in [-0.2, 0) is 9.53 Å². The van der Waals surface area contributed by atoms with Crippen LogP contribution in [0.3, 0.4) is 0 Å². The van der Waals surface area contributed by atoms with Crippen molar-refractivity contribution in [3.63, 3.8) is 0 Å². The van der Waals surface area contributed by atoms with Crippen LogP contribution in [0.4, 0.5) is 0 Å². The van der Waals surface area contributed by atoms with E-state index in [1.165, 1.54) is 6.42 Å². The Hall–Kier alpha value is -1.08. The van der Waals surface area contributed by atoms with Crippen molar-refractivity contribution in [1.29, 1.82) is 5.26 Å². The Morgan fingerprint density at radius 3 is 2.71 bits per heavy atom. The third-order valence-corrected chi connectivity index (χ3v) is 2.56. The number of nitriles is 1. The van der Waals surface area contributed by atoms with Crippen LogP contribution < -0.4 is 0 Å². The number of carbonyl (C=O) groups is 1. The van der Waals surface area contributed by atoms with Crippen LogP contribution in [0.2, 0.25) is 0 Å². The molecule has 0 N–H and O–H groups in total. The Bertz CT molecular complexity index is 229. The summed E-state index contributed by atoms with van der Waals surface area (Å²) >= 11 is 0. The molecule has 1 heterocycles. The van der Waals surface area contributed by atoms with E-state index in [-0.39, 0.29) is 18.6 Å². The predicted octanol–water partition coefficient (Wildman–Crippen LogP) is 0.928. The van der Waals surface area contributed by atoms with Gasteiger partial charge in [-0.05, 0) is 32.9 Å². The molecule has 78 valence electrons. The van der Waals surface area contributed by atoms with E-state index in [2.05, 4.69) is 4.90 Å². The average molecular weight is 196 g/mol. The van der Waals surface area contributed by atoms with Gasteiger partial charge in [0.15, 0.2) is 6.61 Å². The summed E-state index contributed by atoms with van der Waals surface area (Å²) < 4.78 is 4.76. The normalized spacial score (nSPS) is 19.7. The molecule has 14 heavy (non-hydrogen) atoms. The Morgan fingerprint density at radius 2 is 2.14 bits per heavy atom. The zero-order valence-electron chi connectivity index (χ0n) is 8.53. The van der Waals surface area contributed by atoms with Crippen molar-refractivity contribution in [1.82, 2.24) is 4.90 Å². The lowest BCUT2D eigenvalue weighted by molar-refractivity contribution is -0.148.